The Balaban J connectivity index is 1.32. The van der Waals surface area contributed by atoms with E-state index in [0.717, 1.165) is 38.5 Å². The molecule has 0 radical (unpaired) electrons. The van der Waals surface area contributed by atoms with Crippen LogP contribution in [0.15, 0.2) is 16.9 Å². The smallest absolute Gasteiger partial charge is 0.407 e. The van der Waals surface area contributed by atoms with Crippen LogP contribution in [0.4, 0.5) is 9.18 Å². The van der Waals surface area contributed by atoms with Crippen LogP contribution in [0.1, 0.15) is 65.1 Å². The predicted molar refractivity (Wildman–Crippen MR) is 127 cm³/mol. The molecule has 0 spiro atoms. The second-order valence-corrected chi connectivity index (χ2v) is 11.3. The van der Waals surface area contributed by atoms with Crippen LogP contribution in [0, 0.1) is 11.7 Å². The summed E-state index contributed by atoms with van der Waals surface area (Å²) in [5, 5.41) is 3.33. The van der Waals surface area contributed by atoms with E-state index in [4.69, 9.17) is 9.47 Å². The van der Waals surface area contributed by atoms with Crippen molar-refractivity contribution < 1.29 is 18.7 Å². The normalized spacial score (nSPS) is 21.1. The lowest BCUT2D eigenvalue weighted by molar-refractivity contribution is 0.0493. The Morgan fingerprint density at radius 1 is 1.21 bits per heavy atom. The lowest BCUT2D eigenvalue weighted by Crippen LogP contribution is -2.41. The van der Waals surface area contributed by atoms with Crippen molar-refractivity contribution in [3.8, 4) is 5.75 Å². The summed E-state index contributed by atoms with van der Waals surface area (Å²) < 4.78 is 25.5. The number of H-pyrrole nitrogens is 1. The maximum absolute atomic E-state index is 14.5. The second kappa shape index (κ2) is 9.91. The molecule has 2 N–H and O–H groups in total. The first-order chi connectivity index (χ1) is 15.7. The highest BCUT2D eigenvalue weighted by Gasteiger charge is 2.25. The zero-order valence-corrected chi connectivity index (χ0v) is 20.2. The molecule has 2 saturated carbocycles. The Hall–Kier alpha value is -2.29. The number of ether oxygens (including phenoxy) is 2. The van der Waals surface area contributed by atoms with Crippen LogP contribution in [0.3, 0.4) is 0 Å². The number of halogens is 1. The number of benzene rings is 1. The van der Waals surface area contributed by atoms with Gasteiger partial charge in [-0.3, -0.25) is 4.79 Å². The molecule has 1 aromatic heterocycles. The highest BCUT2D eigenvalue weighted by Crippen LogP contribution is 2.32. The van der Waals surface area contributed by atoms with Gasteiger partial charge in [-0.2, -0.15) is 11.8 Å². The molecule has 1 aromatic carbocycles. The third-order valence-electron chi connectivity index (χ3n) is 5.82. The van der Waals surface area contributed by atoms with E-state index in [1.807, 2.05) is 20.8 Å². The van der Waals surface area contributed by atoms with E-state index in [-0.39, 0.29) is 17.5 Å². The standard InChI is InChI=1S/C24H32FN3O4S/c1-24(2,3)32-23(30)26-15-6-8-17(9-7-15)33-13-20-27-19-11-16(31-12-14-4-5-14)10-18(25)21(19)22(29)28-20/h10-11,14-15,17H,4-9,12-13H2,1-3H3,(H,26,30)(H,27,28,29)/t15-,17+. The van der Waals surface area contributed by atoms with E-state index in [2.05, 4.69) is 15.3 Å². The number of carbonyl (C=O) groups excluding carboxylic acids is 1. The molecule has 1 amide bonds. The van der Waals surface area contributed by atoms with Gasteiger partial charge < -0.3 is 19.8 Å². The number of rotatable bonds is 7. The number of nitrogens with one attached hydrogen (secondary N) is 2. The number of fused-ring (bicyclic) bond motifs is 1. The molecule has 0 bridgehead atoms. The minimum atomic E-state index is -0.609. The summed E-state index contributed by atoms with van der Waals surface area (Å²) in [4.78, 5) is 31.7. The highest BCUT2D eigenvalue weighted by molar-refractivity contribution is 7.99. The maximum Gasteiger partial charge on any atom is 0.407 e. The molecule has 0 aliphatic heterocycles. The molecule has 7 nitrogen and oxygen atoms in total. The van der Waals surface area contributed by atoms with E-state index in [9.17, 15) is 14.0 Å². The van der Waals surface area contributed by atoms with Gasteiger partial charge in [-0.1, -0.05) is 0 Å². The fraction of sp³-hybridized carbons (Fsp3) is 0.625. The Morgan fingerprint density at radius 3 is 2.61 bits per heavy atom. The maximum atomic E-state index is 14.5. The first-order valence-electron chi connectivity index (χ1n) is 11.6. The first-order valence-corrected chi connectivity index (χ1v) is 12.7. The summed E-state index contributed by atoms with van der Waals surface area (Å²) in [5.74, 6) is 1.43. The lowest BCUT2D eigenvalue weighted by atomic mass is 9.95. The lowest BCUT2D eigenvalue weighted by Gasteiger charge is -2.29. The molecule has 2 aliphatic rings. The number of hydrogen-bond donors (Lipinski definition) is 2. The molecule has 2 aliphatic carbocycles. The number of thioether (sulfide) groups is 1. The van der Waals surface area contributed by atoms with Crippen LogP contribution in [-0.2, 0) is 10.5 Å². The summed E-state index contributed by atoms with van der Waals surface area (Å²) in [5.41, 5.74) is -0.647. The van der Waals surface area contributed by atoms with Crippen molar-refractivity contribution in [2.45, 2.75) is 81.9 Å². The Morgan fingerprint density at radius 2 is 1.94 bits per heavy atom. The quantitative estimate of drug-likeness (QED) is 0.588. The number of alkyl carbamates (subject to hydrolysis) is 1. The monoisotopic (exact) mass is 477 g/mol. The van der Waals surface area contributed by atoms with Gasteiger partial charge in [-0.05, 0) is 65.2 Å². The third kappa shape index (κ3) is 6.85. The van der Waals surface area contributed by atoms with Crippen LogP contribution in [0.2, 0.25) is 0 Å². The average molecular weight is 478 g/mol. The number of nitrogens with zero attached hydrogens (tertiary/aromatic N) is 1. The fourth-order valence-corrected chi connectivity index (χ4v) is 5.08. The van der Waals surface area contributed by atoms with Crippen molar-refractivity contribution >= 4 is 28.8 Å². The van der Waals surface area contributed by atoms with E-state index >= 15 is 0 Å². The third-order valence-corrected chi connectivity index (χ3v) is 7.20. The number of carbonyl (C=O) groups is 1. The van der Waals surface area contributed by atoms with Gasteiger partial charge in [0.1, 0.15) is 28.4 Å². The molecule has 1 heterocycles. The molecule has 4 rings (SSSR count). The van der Waals surface area contributed by atoms with Gasteiger partial charge in [0.2, 0.25) is 0 Å². The topological polar surface area (TPSA) is 93.3 Å². The highest BCUT2D eigenvalue weighted by atomic mass is 32.2. The van der Waals surface area contributed by atoms with Gasteiger partial charge in [0.05, 0.1) is 17.9 Å². The Bertz CT molecular complexity index is 1060. The minimum Gasteiger partial charge on any atom is -0.493 e. The summed E-state index contributed by atoms with van der Waals surface area (Å²) in [7, 11) is 0. The molecular weight excluding hydrogens is 445 g/mol. The summed E-state index contributed by atoms with van der Waals surface area (Å²) in [6.07, 6.45) is 5.59. The van der Waals surface area contributed by atoms with Crippen LogP contribution < -0.4 is 15.6 Å². The largest absolute Gasteiger partial charge is 0.493 e. The van der Waals surface area contributed by atoms with E-state index in [0.29, 0.717) is 40.6 Å². The Labute approximate surface area is 197 Å². The van der Waals surface area contributed by atoms with E-state index in [1.54, 1.807) is 17.8 Å². The van der Waals surface area contributed by atoms with Crippen molar-refractivity contribution in [3.63, 3.8) is 0 Å². The molecule has 0 saturated heterocycles. The number of amides is 1. The zero-order valence-electron chi connectivity index (χ0n) is 19.4. The van der Waals surface area contributed by atoms with Gasteiger partial charge in [0.25, 0.3) is 5.56 Å². The molecular formula is C24H32FN3O4S. The molecule has 33 heavy (non-hydrogen) atoms. The molecule has 9 heteroatoms. The molecule has 180 valence electrons. The van der Waals surface area contributed by atoms with Crippen molar-refractivity contribution in [1.82, 2.24) is 15.3 Å². The fourth-order valence-electron chi connectivity index (χ4n) is 3.94. The molecule has 2 aromatic rings. The van der Waals surface area contributed by atoms with Gasteiger partial charge in [-0.15, -0.1) is 0 Å². The first kappa shape index (κ1) is 23.9. The van der Waals surface area contributed by atoms with Gasteiger partial charge in [-0.25, -0.2) is 14.2 Å². The van der Waals surface area contributed by atoms with Gasteiger partial charge in [0, 0.05) is 23.4 Å². The zero-order chi connectivity index (χ0) is 23.6. The SMILES string of the molecule is CC(C)(C)OC(=O)N[C@H]1CC[C@@H](SCc2nc3cc(OCC4CC4)cc(F)c3c(=O)[nH]2)CC1. The van der Waals surface area contributed by atoms with E-state index < -0.39 is 17.0 Å². The number of hydrogen-bond acceptors (Lipinski definition) is 6. The van der Waals surface area contributed by atoms with Crippen LogP contribution >= 0.6 is 11.8 Å². The van der Waals surface area contributed by atoms with Gasteiger partial charge >= 0.3 is 6.09 Å². The number of aromatic amines is 1. The van der Waals surface area contributed by atoms with Gasteiger partial charge in [0.15, 0.2) is 0 Å². The molecule has 0 unspecified atom stereocenters. The number of aromatic nitrogens is 2. The predicted octanol–water partition coefficient (Wildman–Crippen LogP) is 4.92. The van der Waals surface area contributed by atoms with E-state index in [1.165, 1.54) is 6.07 Å². The van der Waals surface area contributed by atoms with Crippen molar-refractivity contribution in [1.29, 1.82) is 0 Å². The second-order valence-electron chi connectivity index (χ2n) is 10.00. The van der Waals surface area contributed by atoms with Crippen molar-refractivity contribution in [3.05, 3.63) is 34.1 Å². The molecule has 2 fully saturated rings. The van der Waals surface area contributed by atoms with Crippen molar-refractivity contribution in [2.75, 3.05) is 6.61 Å². The van der Waals surface area contributed by atoms with Crippen molar-refractivity contribution in [2.24, 2.45) is 5.92 Å². The Kier molecular flexibility index (Phi) is 7.16. The summed E-state index contributed by atoms with van der Waals surface area (Å²) in [6, 6.07) is 3.03. The molecule has 0 atom stereocenters. The average Bonchev–Trinajstić information content (AvgIpc) is 3.54. The van der Waals surface area contributed by atoms with Crippen LogP contribution in [-0.4, -0.2) is 39.6 Å². The van der Waals surface area contributed by atoms with Crippen LogP contribution in [0.25, 0.3) is 10.9 Å². The summed E-state index contributed by atoms with van der Waals surface area (Å²) in [6.45, 7) is 6.12. The van der Waals surface area contributed by atoms with Crippen LogP contribution in [0.5, 0.6) is 5.75 Å². The minimum absolute atomic E-state index is 0.0313. The summed E-state index contributed by atoms with van der Waals surface area (Å²) >= 11 is 1.73.